The molecule has 0 saturated heterocycles. The summed E-state index contributed by atoms with van der Waals surface area (Å²) in [6, 6.07) is 6.23. The summed E-state index contributed by atoms with van der Waals surface area (Å²) >= 11 is 1.74. The lowest BCUT2D eigenvalue weighted by molar-refractivity contribution is 0.556. The SMILES string of the molecule is CC(C)c1nc2cc(C3(N=C=O)CC3)ccc2s1. The molecule has 1 heterocycles. The number of rotatable bonds is 3. The van der Waals surface area contributed by atoms with Crippen LogP contribution in [0.3, 0.4) is 0 Å². The first kappa shape index (κ1) is 11.6. The van der Waals surface area contributed by atoms with Crippen LogP contribution >= 0.6 is 11.3 Å². The number of thiazole rings is 1. The van der Waals surface area contributed by atoms with Crippen LogP contribution in [0.4, 0.5) is 0 Å². The molecule has 1 aliphatic rings. The Morgan fingerprint density at radius 2 is 2.22 bits per heavy atom. The predicted octanol–water partition coefficient (Wildman–Crippen LogP) is 3.74. The standard InChI is InChI=1S/C14H14N2OS/c1-9(2)13-16-11-7-10(3-4-12(11)18-13)14(5-6-14)15-8-17/h3-4,7,9H,5-6H2,1-2H3. The topological polar surface area (TPSA) is 42.3 Å². The minimum atomic E-state index is -0.294. The molecule has 0 aliphatic heterocycles. The lowest BCUT2D eigenvalue weighted by atomic mass is 10.1. The van der Waals surface area contributed by atoms with Crippen molar-refractivity contribution in [2.75, 3.05) is 0 Å². The highest BCUT2D eigenvalue weighted by molar-refractivity contribution is 7.18. The zero-order valence-corrected chi connectivity index (χ0v) is 11.3. The monoisotopic (exact) mass is 258 g/mol. The molecule has 0 spiro atoms. The molecule has 0 atom stereocenters. The summed E-state index contributed by atoms with van der Waals surface area (Å²) in [4.78, 5) is 19.1. The summed E-state index contributed by atoms with van der Waals surface area (Å²) < 4.78 is 1.20. The number of nitrogens with zero attached hydrogens (tertiary/aromatic N) is 2. The van der Waals surface area contributed by atoms with E-state index in [1.165, 1.54) is 4.70 Å². The number of hydrogen-bond donors (Lipinski definition) is 0. The molecule has 0 radical (unpaired) electrons. The fourth-order valence-electron chi connectivity index (χ4n) is 2.15. The quantitative estimate of drug-likeness (QED) is 0.621. The number of carbonyl (C=O) groups excluding carboxylic acids is 1. The summed E-state index contributed by atoms with van der Waals surface area (Å²) in [5.41, 5.74) is 1.82. The Morgan fingerprint density at radius 3 is 2.83 bits per heavy atom. The van der Waals surface area contributed by atoms with Gasteiger partial charge in [0, 0.05) is 5.92 Å². The van der Waals surface area contributed by atoms with Gasteiger partial charge in [-0.3, -0.25) is 0 Å². The Morgan fingerprint density at radius 1 is 1.44 bits per heavy atom. The van der Waals surface area contributed by atoms with Crippen molar-refractivity contribution in [1.82, 2.24) is 4.98 Å². The van der Waals surface area contributed by atoms with Gasteiger partial charge in [0.15, 0.2) is 0 Å². The molecule has 1 aromatic carbocycles. The van der Waals surface area contributed by atoms with E-state index in [1.807, 2.05) is 0 Å². The van der Waals surface area contributed by atoms with Crippen LogP contribution in [0.5, 0.6) is 0 Å². The molecule has 3 nitrogen and oxygen atoms in total. The smallest absolute Gasteiger partial charge is 0.235 e. The van der Waals surface area contributed by atoms with Gasteiger partial charge in [-0.1, -0.05) is 19.9 Å². The maximum Gasteiger partial charge on any atom is 0.235 e. The molecule has 92 valence electrons. The third kappa shape index (κ3) is 1.78. The van der Waals surface area contributed by atoms with Crippen molar-refractivity contribution >= 4 is 27.6 Å². The largest absolute Gasteiger partial charge is 0.241 e. The Balaban J connectivity index is 2.08. The number of benzene rings is 1. The third-order valence-corrected chi connectivity index (χ3v) is 4.76. The fraction of sp³-hybridized carbons (Fsp3) is 0.429. The predicted molar refractivity (Wildman–Crippen MR) is 72.7 cm³/mol. The van der Waals surface area contributed by atoms with Crippen molar-refractivity contribution in [3.63, 3.8) is 0 Å². The number of isocyanates is 1. The van der Waals surface area contributed by atoms with Crippen LogP contribution in [0.1, 0.15) is 43.2 Å². The molecule has 4 heteroatoms. The number of aromatic nitrogens is 1. The van der Waals surface area contributed by atoms with E-state index in [1.54, 1.807) is 17.4 Å². The number of aliphatic imine (C=N–C) groups is 1. The van der Waals surface area contributed by atoms with Crippen LogP contribution in [0.15, 0.2) is 23.2 Å². The first-order chi connectivity index (χ1) is 8.64. The van der Waals surface area contributed by atoms with E-state index in [0.717, 1.165) is 28.9 Å². The molecule has 1 aliphatic carbocycles. The molecule has 0 amide bonds. The Kier molecular flexibility index (Phi) is 2.58. The van der Waals surface area contributed by atoms with E-state index in [4.69, 9.17) is 0 Å². The van der Waals surface area contributed by atoms with Crippen molar-refractivity contribution in [3.8, 4) is 0 Å². The van der Waals surface area contributed by atoms with Gasteiger partial charge in [0.25, 0.3) is 0 Å². The maximum atomic E-state index is 10.5. The number of fused-ring (bicyclic) bond motifs is 1. The van der Waals surface area contributed by atoms with Crippen molar-refractivity contribution in [2.24, 2.45) is 4.99 Å². The molecule has 1 saturated carbocycles. The fourth-order valence-corrected chi connectivity index (χ4v) is 3.10. The molecule has 3 rings (SSSR count). The highest BCUT2D eigenvalue weighted by Crippen LogP contribution is 2.49. The van der Waals surface area contributed by atoms with Gasteiger partial charge in [-0.05, 0) is 30.5 Å². The lowest BCUT2D eigenvalue weighted by Gasteiger charge is -2.06. The molecular formula is C14H14N2OS. The number of hydrogen-bond acceptors (Lipinski definition) is 4. The van der Waals surface area contributed by atoms with Crippen molar-refractivity contribution in [3.05, 3.63) is 28.8 Å². The van der Waals surface area contributed by atoms with Gasteiger partial charge >= 0.3 is 0 Å². The van der Waals surface area contributed by atoms with Crippen LogP contribution in [0.2, 0.25) is 0 Å². The van der Waals surface area contributed by atoms with Crippen molar-refractivity contribution in [1.29, 1.82) is 0 Å². The van der Waals surface area contributed by atoms with E-state index in [0.29, 0.717) is 5.92 Å². The molecule has 0 N–H and O–H groups in total. The first-order valence-electron chi connectivity index (χ1n) is 6.15. The average molecular weight is 258 g/mol. The van der Waals surface area contributed by atoms with Gasteiger partial charge < -0.3 is 0 Å². The van der Waals surface area contributed by atoms with Crippen LogP contribution < -0.4 is 0 Å². The van der Waals surface area contributed by atoms with Gasteiger partial charge in [-0.15, -0.1) is 11.3 Å². The van der Waals surface area contributed by atoms with Crippen molar-refractivity contribution in [2.45, 2.75) is 38.1 Å². The van der Waals surface area contributed by atoms with Crippen LogP contribution in [0, 0.1) is 0 Å². The molecule has 0 unspecified atom stereocenters. The zero-order chi connectivity index (χ0) is 12.8. The second kappa shape index (κ2) is 4.01. The summed E-state index contributed by atoms with van der Waals surface area (Å²) in [6.07, 6.45) is 3.58. The molecule has 1 aromatic heterocycles. The maximum absolute atomic E-state index is 10.5. The summed E-state index contributed by atoms with van der Waals surface area (Å²) in [5, 5.41) is 1.16. The van der Waals surface area contributed by atoms with Gasteiger partial charge in [0.1, 0.15) is 0 Å². The molecule has 18 heavy (non-hydrogen) atoms. The Bertz CT molecular complexity index is 649. The van der Waals surface area contributed by atoms with Gasteiger partial charge in [0.2, 0.25) is 6.08 Å². The molecule has 2 aromatic rings. The van der Waals surface area contributed by atoms with E-state index < -0.39 is 0 Å². The summed E-state index contributed by atoms with van der Waals surface area (Å²) in [5.74, 6) is 0.453. The lowest BCUT2D eigenvalue weighted by Crippen LogP contribution is -2.01. The summed E-state index contributed by atoms with van der Waals surface area (Å²) in [6.45, 7) is 4.30. The zero-order valence-electron chi connectivity index (χ0n) is 10.4. The second-order valence-electron chi connectivity index (χ2n) is 5.12. The first-order valence-corrected chi connectivity index (χ1v) is 6.96. The second-order valence-corrected chi connectivity index (χ2v) is 6.19. The molecule has 1 fully saturated rings. The summed E-state index contributed by atoms with van der Waals surface area (Å²) in [7, 11) is 0. The normalized spacial score (nSPS) is 16.8. The van der Waals surface area contributed by atoms with Gasteiger partial charge in [0.05, 0.1) is 20.8 Å². The van der Waals surface area contributed by atoms with Crippen LogP contribution in [-0.4, -0.2) is 11.1 Å². The van der Waals surface area contributed by atoms with Gasteiger partial charge in [-0.2, -0.15) is 4.99 Å². The van der Waals surface area contributed by atoms with Gasteiger partial charge in [-0.25, -0.2) is 9.78 Å². The Labute approximate surface area is 110 Å². The van der Waals surface area contributed by atoms with Crippen LogP contribution in [0.25, 0.3) is 10.2 Å². The van der Waals surface area contributed by atoms with E-state index in [9.17, 15) is 4.79 Å². The van der Waals surface area contributed by atoms with E-state index in [2.05, 4.69) is 42.0 Å². The van der Waals surface area contributed by atoms with E-state index in [-0.39, 0.29) is 5.54 Å². The minimum absolute atomic E-state index is 0.294. The van der Waals surface area contributed by atoms with Crippen molar-refractivity contribution < 1.29 is 4.79 Å². The highest BCUT2D eigenvalue weighted by Gasteiger charge is 2.44. The Hall–Kier alpha value is -1.51. The molecule has 0 bridgehead atoms. The highest BCUT2D eigenvalue weighted by atomic mass is 32.1. The molecular weight excluding hydrogens is 244 g/mol. The van der Waals surface area contributed by atoms with Crippen LogP contribution in [-0.2, 0) is 10.3 Å². The third-order valence-electron chi connectivity index (χ3n) is 3.42. The van der Waals surface area contributed by atoms with E-state index >= 15 is 0 Å². The average Bonchev–Trinajstić information content (AvgIpc) is 3.00. The minimum Gasteiger partial charge on any atom is -0.241 e.